The Morgan fingerprint density at radius 3 is 2.69 bits per heavy atom. The molecule has 0 aliphatic carbocycles. The molecule has 1 aromatic rings. The summed E-state index contributed by atoms with van der Waals surface area (Å²) in [6.45, 7) is 2.11. The number of hydrogen-bond donors (Lipinski definition) is 0. The van der Waals surface area contributed by atoms with Gasteiger partial charge in [0.1, 0.15) is 0 Å². The van der Waals surface area contributed by atoms with E-state index in [2.05, 4.69) is 31.9 Å². The first-order valence-corrected chi connectivity index (χ1v) is 6.25. The zero-order valence-corrected chi connectivity index (χ0v) is 11.8. The van der Waals surface area contributed by atoms with Gasteiger partial charge in [0, 0.05) is 14.5 Å². The van der Waals surface area contributed by atoms with E-state index in [1.807, 2.05) is 0 Å². The van der Waals surface area contributed by atoms with E-state index in [0.29, 0.717) is 16.6 Å². The van der Waals surface area contributed by atoms with Crippen LogP contribution in [0.15, 0.2) is 21.1 Å². The van der Waals surface area contributed by atoms with Crippen LogP contribution in [-0.4, -0.2) is 18.9 Å². The summed E-state index contributed by atoms with van der Waals surface area (Å²) in [5.41, 5.74) is 1.24. The average Bonchev–Trinajstić information content (AvgIpc) is 2.23. The van der Waals surface area contributed by atoms with Gasteiger partial charge in [0.05, 0.1) is 13.0 Å². The first-order chi connectivity index (χ1) is 7.58. The van der Waals surface area contributed by atoms with Crippen molar-refractivity contribution in [1.29, 1.82) is 0 Å². The molecular weight excluding hydrogens is 340 g/mol. The number of carbonyl (C=O) groups is 2. The monoisotopic (exact) mass is 348 g/mol. The van der Waals surface area contributed by atoms with Crippen molar-refractivity contribution in [2.75, 3.05) is 6.61 Å². The molecule has 0 spiro atoms. The smallest absolute Gasteiger partial charge is 0.310 e. The predicted molar refractivity (Wildman–Crippen MR) is 67.6 cm³/mol. The third kappa shape index (κ3) is 3.42. The molecule has 0 amide bonds. The molecule has 0 atom stereocenters. The molecule has 0 unspecified atom stereocenters. The van der Waals surface area contributed by atoms with Crippen LogP contribution in [0.4, 0.5) is 0 Å². The molecular formula is C11H10Br2O3. The van der Waals surface area contributed by atoms with E-state index in [1.165, 1.54) is 0 Å². The molecule has 0 radical (unpaired) electrons. The van der Waals surface area contributed by atoms with Gasteiger partial charge >= 0.3 is 5.97 Å². The molecule has 0 saturated heterocycles. The average molecular weight is 350 g/mol. The van der Waals surface area contributed by atoms with Gasteiger partial charge in [0.15, 0.2) is 6.29 Å². The number of halogens is 2. The topological polar surface area (TPSA) is 43.4 Å². The summed E-state index contributed by atoms with van der Waals surface area (Å²) in [7, 11) is 0. The molecule has 0 heterocycles. The highest BCUT2D eigenvalue weighted by Gasteiger charge is 2.11. The van der Waals surface area contributed by atoms with Crippen LogP contribution < -0.4 is 0 Å². The van der Waals surface area contributed by atoms with Crippen molar-refractivity contribution in [3.05, 3.63) is 32.2 Å². The largest absolute Gasteiger partial charge is 0.466 e. The maximum atomic E-state index is 11.3. The van der Waals surface area contributed by atoms with E-state index in [0.717, 1.165) is 16.3 Å². The molecule has 0 aromatic heterocycles. The van der Waals surface area contributed by atoms with Gasteiger partial charge in [0.25, 0.3) is 0 Å². The third-order valence-electron chi connectivity index (χ3n) is 1.91. The van der Waals surface area contributed by atoms with Crippen molar-refractivity contribution < 1.29 is 14.3 Å². The minimum absolute atomic E-state index is 0.148. The van der Waals surface area contributed by atoms with E-state index in [1.54, 1.807) is 19.1 Å². The number of esters is 1. The van der Waals surface area contributed by atoms with Crippen molar-refractivity contribution in [1.82, 2.24) is 0 Å². The first kappa shape index (κ1) is 13.4. The maximum absolute atomic E-state index is 11.3. The lowest BCUT2D eigenvalue weighted by atomic mass is 10.1. The zero-order valence-electron chi connectivity index (χ0n) is 8.63. The van der Waals surface area contributed by atoms with E-state index in [4.69, 9.17) is 4.74 Å². The van der Waals surface area contributed by atoms with Gasteiger partial charge in [-0.2, -0.15) is 0 Å². The van der Waals surface area contributed by atoms with Crippen LogP contribution in [0.25, 0.3) is 0 Å². The predicted octanol–water partition coefficient (Wildman–Crippen LogP) is 3.13. The van der Waals surface area contributed by atoms with Crippen LogP contribution in [0.3, 0.4) is 0 Å². The number of benzene rings is 1. The van der Waals surface area contributed by atoms with Crippen molar-refractivity contribution in [3.8, 4) is 0 Å². The highest BCUT2D eigenvalue weighted by molar-refractivity contribution is 9.11. The van der Waals surface area contributed by atoms with Crippen LogP contribution >= 0.6 is 31.9 Å². The molecule has 0 fully saturated rings. The zero-order chi connectivity index (χ0) is 12.1. The number of ether oxygens (including phenoxy) is 1. The van der Waals surface area contributed by atoms with Gasteiger partial charge in [-0.25, -0.2) is 0 Å². The molecule has 16 heavy (non-hydrogen) atoms. The summed E-state index contributed by atoms with van der Waals surface area (Å²) in [4.78, 5) is 22.1. The van der Waals surface area contributed by atoms with Crippen LogP contribution in [0, 0.1) is 0 Å². The Bertz CT molecular complexity index is 416. The highest BCUT2D eigenvalue weighted by Crippen LogP contribution is 2.26. The van der Waals surface area contributed by atoms with Crippen LogP contribution in [-0.2, 0) is 16.0 Å². The SMILES string of the molecule is CCOC(=O)Cc1cc(Br)cc(C=O)c1Br. The van der Waals surface area contributed by atoms with E-state index >= 15 is 0 Å². The van der Waals surface area contributed by atoms with Gasteiger partial charge in [-0.15, -0.1) is 0 Å². The van der Waals surface area contributed by atoms with Gasteiger partial charge in [-0.3, -0.25) is 9.59 Å². The van der Waals surface area contributed by atoms with Crippen molar-refractivity contribution in [2.45, 2.75) is 13.3 Å². The second-order valence-electron chi connectivity index (χ2n) is 3.07. The van der Waals surface area contributed by atoms with Gasteiger partial charge in [-0.1, -0.05) is 15.9 Å². The van der Waals surface area contributed by atoms with E-state index < -0.39 is 0 Å². The minimum Gasteiger partial charge on any atom is -0.466 e. The van der Waals surface area contributed by atoms with Gasteiger partial charge in [0.2, 0.25) is 0 Å². The fourth-order valence-corrected chi connectivity index (χ4v) is 2.24. The van der Waals surface area contributed by atoms with Crippen molar-refractivity contribution in [2.24, 2.45) is 0 Å². The highest BCUT2D eigenvalue weighted by atomic mass is 79.9. The summed E-state index contributed by atoms with van der Waals surface area (Å²) in [5.74, 6) is -0.307. The maximum Gasteiger partial charge on any atom is 0.310 e. The summed E-state index contributed by atoms with van der Waals surface area (Å²) in [6, 6.07) is 3.47. The van der Waals surface area contributed by atoms with Gasteiger partial charge in [-0.05, 0) is 40.5 Å². The second-order valence-corrected chi connectivity index (χ2v) is 4.78. The lowest BCUT2D eigenvalue weighted by molar-refractivity contribution is -0.142. The van der Waals surface area contributed by atoms with Crippen LogP contribution in [0.5, 0.6) is 0 Å². The molecule has 86 valence electrons. The third-order valence-corrected chi connectivity index (χ3v) is 3.33. The molecule has 1 rings (SSSR count). The molecule has 0 saturated carbocycles. The first-order valence-electron chi connectivity index (χ1n) is 4.67. The lowest BCUT2D eigenvalue weighted by Gasteiger charge is -2.07. The lowest BCUT2D eigenvalue weighted by Crippen LogP contribution is -2.08. The Hall–Kier alpha value is -0.680. The van der Waals surface area contributed by atoms with Crippen molar-refractivity contribution >= 4 is 44.1 Å². The number of hydrogen-bond acceptors (Lipinski definition) is 3. The Labute approximate surface area is 110 Å². The van der Waals surface area contributed by atoms with Crippen LogP contribution in [0.2, 0.25) is 0 Å². The normalized spacial score (nSPS) is 9.94. The van der Waals surface area contributed by atoms with Crippen molar-refractivity contribution in [3.63, 3.8) is 0 Å². The Balaban J connectivity index is 2.99. The quantitative estimate of drug-likeness (QED) is 0.619. The van der Waals surface area contributed by atoms with E-state index in [9.17, 15) is 9.59 Å². The fraction of sp³-hybridized carbons (Fsp3) is 0.273. The van der Waals surface area contributed by atoms with Gasteiger partial charge < -0.3 is 4.74 Å². The molecule has 0 aliphatic rings. The Kier molecular flexibility index (Phi) is 5.15. The second kappa shape index (κ2) is 6.15. The molecule has 0 bridgehead atoms. The molecule has 0 N–H and O–H groups in total. The Morgan fingerprint density at radius 2 is 2.12 bits per heavy atom. The Morgan fingerprint density at radius 1 is 1.44 bits per heavy atom. The van der Waals surface area contributed by atoms with E-state index in [-0.39, 0.29) is 12.4 Å². The molecule has 3 nitrogen and oxygen atoms in total. The molecule has 1 aromatic carbocycles. The van der Waals surface area contributed by atoms with Crippen LogP contribution in [0.1, 0.15) is 22.8 Å². The standard InChI is InChI=1S/C11H10Br2O3/c1-2-16-10(15)5-7-3-9(12)4-8(6-14)11(7)13/h3-4,6H,2,5H2,1H3. The molecule has 5 heteroatoms. The number of rotatable bonds is 4. The summed E-state index contributed by atoms with van der Waals surface area (Å²) in [5, 5.41) is 0. The summed E-state index contributed by atoms with van der Waals surface area (Å²) < 4.78 is 6.25. The fourth-order valence-electron chi connectivity index (χ4n) is 1.25. The minimum atomic E-state index is -0.307. The summed E-state index contributed by atoms with van der Waals surface area (Å²) in [6.07, 6.45) is 0.887. The number of carbonyl (C=O) groups excluding carboxylic acids is 2. The summed E-state index contributed by atoms with van der Waals surface area (Å²) >= 11 is 6.58. The molecule has 0 aliphatic heterocycles. The number of aldehydes is 1.